The summed E-state index contributed by atoms with van der Waals surface area (Å²) in [5.74, 6) is 0.747. The minimum atomic E-state index is -0.129. The highest BCUT2D eigenvalue weighted by Gasteiger charge is 2.06. The highest BCUT2D eigenvalue weighted by atomic mass is 16.3. The zero-order valence-electron chi connectivity index (χ0n) is 9.76. The number of aromatic nitrogens is 3. The Hall–Kier alpha value is -2.37. The van der Waals surface area contributed by atoms with Gasteiger partial charge >= 0.3 is 0 Å². The molecule has 6 heteroatoms. The Morgan fingerprint density at radius 3 is 2.94 bits per heavy atom. The van der Waals surface area contributed by atoms with Crippen molar-refractivity contribution in [1.82, 2.24) is 20.5 Å². The molecule has 6 nitrogen and oxygen atoms in total. The molecule has 1 aromatic carbocycles. The molecule has 1 amide bonds. The van der Waals surface area contributed by atoms with Crippen LogP contribution in [0.5, 0.6) is 5.75 Å². The van der Waals surface area contributed by atoms with Gasteiger partial charge in [0.1, 0.15) is 17.9 Å². The second-order valence-corrected chi connectivity index (χ2v) is 3.84. The zero-order chi connectivity index (χ0) is 12.8. The fourth-order valence-electron chi connectivity index (χ4n) is 1.57. The molecule has 0 atom stereocenters. The highest BCUT2D eigenvalue weighted by molar-refractivity contribution is 5.79. The molecule has 0 saturated carbocycles. The molecule has 94 valence electrons. The van der Waals surface area contributed by atoms with Crippen LogP contribution in [0.2, 0.25) is 0 Å². The fraction of sp³-hybridized carbons (Fsp3) is 0.250. The molecule has 2 rings (SSSR count). The average Bonchev–Trinajstić information content (AvgIpc) is 2.85. The van der Waals surface area contributed by atoms with Gasteiger partial charge in [-0.15, -0.1) is 0 Å². The molecule has 18 heavy (non-hydrogen) atoms. The van der Waals surface area contributed by atoms with Crippen LogP contribution in [0.1, 0.15) is 11.4 Å². The molecular weight excluding hydrogens is 232 g/mol. The molecule has 2 aromatic rings. The topological polar surface area (TPSA) is 90.9 Å². The van der Waals surface area contributed by atoms with Gasteiger partial charge in [-0.3, -0.25) is 9.89 Å². The molecule has 1 aromatic heterocycles. The molecule has 1 heterocycles. The van der Waals surface area contributed by atoms with E-state index in [-0.39, 0.29) is 18.1 Å². The Morgan fingerprint density at radius 1 is 1.39 bits per heavy atom. The van der Waals surface area contributed by atoms with Gasteiger partial charge in [-0.25, -0.2) is 4.98 Å². The summed E-state index contributed by atoms with van der Waals surface area (Å²) in [5, 5.41) is 18.7. The summed E-state index contributed by atoms with van der Waals surface area (Å²) in [6.07, 6.45) is 2.20. The van der Waals surface area contributed by atoms with E-state index < -0.39 is 0 Å². The molecule has 0 radical (unpaired) electrons. The number of carbonyl (C=O) groups excluding carboxylic acids is 1. The van der Waals surface area contributed by atoms with Crippen LogP contribution in [0.15, 0.2) is 30.6 Å². The number of nitrogens with one attached hydrogen (secondary N) is 2. The monoisotopic (exact) mass is 246 g/mol. The van der Waals surface area contributed by atoms with Crippen LogP contribution in [0.3, 0.4) is 0 Å². The third-order valence-electron chi connectivity index (χ3n) is 2.49. The number of phenolic OH excluding ortho intramolecular Hbond substituents is 1. The normalized spacial score (nSPS) is 10.2. The standard InChI is InChI=1S/C12H14N4O2/c17-10-4-2-1-3-9(10)7-12(18)13-6-5-11-14-8-15-16-11/h1-4,8,17H,5-7H2,(H,13,18)(H,14,15,16). The molecule has 0 aliphatic heterocycles. The summed E-state index contributed by atoms with van der Waals surface area (Å²) in [6.45, 7) is 0.488. The molecular formula is C12H14N4O2. The van der Waals surface area contributed by atoms with Gasteiger partial charge in [0.2, 0.25) is 5.91 Å². The maximum atomic E-state index is 11.6. The highest BCUT2D eigenvalue weighted by Crippen LogP contribution is 2.15. The smallest absolute Gasteiger partial charge is 0.224 e. The van der Waals surface area contributed by atoms with Crippen LogP contribution in [-0.2, 0) is 17.6 Å². The lowest BCUT2D eigenvalue weighted by atomic mass is 10.1. The molecule has 0 aliphatic rings. The van der Waals surface area contributed by atoms with Crippen molar-refractivity contribution in [2.75, 3.05) is 6.54 Å². The van der Waals surface area contributed by atoms with Crippen LogP contribution >= 0.6 is 0 Å². The van der Waals surface area contributed by atoms with Gasteiger partial charge in [-0.1, -0.05) is 18.2 Å². The lowest BCUT2D eigenvalue weighted by Gasteiger charge is -2.05. The number of hydrogen-bond acceptors (Lipinski definition) is 4. The first-order valence-electron chi connectivity index (χ1n) is 5.63. The number of carbonyl (C=O) groups is 1. The number of hydrogen-bond donors (Lipinski definition) is 3. The molecule has 3 N–H and O–H groups in total. The number of benzene rings is 1. The Bertz CT molecular complexity index is 511. The molecule has 0 saturated heterocycles. The molecule has 0 aliphatic carbocycles. The van der Waals surface area contributed by atoms with E-state index >= 15 is 0 Å². The number of para-hydroxylation sites is 1. The van der Waals surface area contributed by atoms with E-state index in [9.17, 15) is 9.90 Å². The molecule has 0 unspecified atom stereocenters. The van der Waals surface area contributed by atoms with Gasteiger partial charge in [0.15, 0.2) is 0 Å². The lowest BCUT2D eigenvalue weighted by molar-refractivity contribution is -0.120. The summed E-state index contributed by atoms with van der Waals surface area (Å²) in [4.78, 5) is 15.6. The van der Waals surface area contributed by atoms with Crippen molar-refractivity contribution in [3.05, 3.63) is 42.0 Å². The van der Waals surface area contributed by atoms with E-state index in [1.807, 2.05) is 0 Å². The summed E-state index contributed by atoms with van der Waals surface area (Å²) >= 11 is 0. The van der Waals surface area contributed by atoms with Crippen molar-refractivity contribution >= 4 is 5.91 Å². The van der Waals surface area contributed by atoms with Gasteiger partial charge in [0.25, 0.3) is 0 Å². The van der Waals surface area contributed by atoms with E-state index in [0.29, 0.717) is 18.5 Å². The summed E-state index contributed by atoms with van der Waals surface area (Å²) < 4.78 is 0. The Morgan fingerprint density at radius 2 is 2.22 bits per heavy atom. The van der Waals surface area contributed by atoms with Crippen LogP contribution in [0, 0.1) is 0 Å². The maximum Gasteiger partial charge on any atom is 0.224 e. The fourth-order valence-corrected chi connectivity index (χ4v) is 1.57. The molecule has 0 bridgehead atoms. The Kier molecular flexibility index (Phi) is 3.90. The second-order valence-electron chi connectivity index (χ2n) is 3.84. The minimum absolute atomic E-state index is 0.129. The quantitative estimate of drug-likeness (QED) is 0.712. The van der Waals surface area contributed by atoms with Crippen molar-refractivity contribution in [3.63, 3.8) is 0 Å². The third-order valence-corrected chi connectivity index (χ3v) is 2.49. The number of aromatic amines is 1. The Labute approximate surface area is 104 Å². The first-order chi connectivity index (χ1) is 8.75. The summed E-state index contributed by atoms with van der Waals surface area (Å²) in [7, 11) is 0. The number of amides is 1. The number of rotatable bonds is 5. The van der Waals surface area contributed by atoms with Gasteiger partial charge in [0, 0.05) is 18.5 Å². The van der Waals surface area contributed by atoms with Crippen molar-refractivity contribution in [2.45, 2.75) is 12.8 Å². The van der Waals surface area contributed by atoms with E-state index in [1.54, 1.807) is 24.3 Å². The van der Waals surface area contributed by atoms with E-state index in [0.717, 1.165) is 5.82 Å². The van der Waals surface area contributed by atoms with Gasteiger partial charge in [-0.05, 0) is 6.07 Å². The first kappa shape index (κ1) is 12.1. The van der Waals surface area contributed by atoms with Gasteiger partial charge in [-0.2, -0.15) is 5.10 Å². The molecule has 0 spiro atoms. The van der Waals surface area contributed by atoms with Crippen LogP contribution in [0.4, 0.5) is 0 Å². The third kappa shape index (κ3) is 3.31. The lowest BCUT2D eigenvalue weighted by Crippen LogP contribution is -2.27. The summed E-state index contributed by atoms with van der Waals surface area (Å²) in [6, 6.07) is 6.81. The Balaban J connectivity index is 1.77. The number of phenols is 1. The van der Waals surface area contributed by atoms with E-state index in [4.69, 9.17) is 0 Å². The van der Waals surface area contributed by atoms with Crippen LogP contribution in [0.25, 0.3) is 0 Å². The first-order valence-corrected chi connectivity index (χ1v) is 5.63. The predicted molar refractivity (Wildman–Crippen MR) is 64.9 cm³/mol. The van der Waals surface area contributed by atoms with Crippen molar-refractivity contribution in [1.29, 1.82) is 0 Å². The van der Waals surface area contributed by atoms with Gasteiger partial charge in [0.05, 0.1) is 6.42 Å². The number of H-pyrrole nitrogens is 1. The van der Waals surface area contributed by atoms with Crippen molar-refractivity contribution in [2.24, 2.45) is 0 Å². The molecule has 0 fully saturated rings. The number of aromatic hydroxyl groups is 1. The predicted octanol–water partition coefficient (Wildman–Crippen LogP) is 0.412. The van der Waals surface area contributed by atoms with Crippen molar-refractivity contribution in [3.8, 4) is 5.75 Å². The van der Waals surface area contributed by atoms with Crippen molar-refractivity contribution < 1.29 is 9.90 Å². The van der Waals surface area contributed by atoms with Crippen LogP contribution < -0.4 is 5.32 Å². The zero-order valence-corrected chi connectivity index (χ0v) is 9.76. The van der Waals surface area contributed by atoms with E-state index in [2.05, 4.69) is 20.5 Å². The van der Waals surface area contributed by atoms with E-state index in [1.165, 1.54) is 6.33 Å². The van der Waals surface area contributed by atoms with Gasteiger partial charge < -0.3 is 10.4 Å². The summed E-state index contributed by atoms with van der Waals surface area (Å²) in [5.41, 5.74) is 0.620. The number of nitrogens with zero attached hydrogens (tertiary/aromatic N) is 2. The van der Waals surface area contributed by atoms with Crippen LogP contribution in [-0.4, -0.2) is 32.7 Å². The largest absolute Gasteiger partial charge is 0.508 e. The second kappa shape index (κ2) is 5.81. The SMILES string of the molecule is O=C(Cc1ccccc1O)NCCc1ncn[nH]1. The maximum absolute atomic E-state index is 11.6. The minimum Gasteiger partial charge on any atom is -0.508 e. The average molecular weight is 246 g/mol.